The van der Waals surface area contributed by atoms with Crippen LogP contribution in [0.1, 0.15) is 51.1 Å². The number of anilines is 1. The molecule has 2 radical (unpaired) electrons. The van der Waals surface area contributed by atoms with E-state index >= 15 is 0 Å². The molecule has 3 heterocycles. The molecule has 5 rings (SSSR count). The van der Waals surface area contributed by atoms with Crippen LogP contribution in [0.3, 0.4) is 0 Å². The molecule has 0 unspecified atom stereocenters. The molecule has 0 N–H and O–H groups in total. The third kappa shape index (κ3) is 9.97. The lowest BCUT2D eigenvalue weighted by atomic mass is 9.69. The Morgan fingerprint density at radius 2 is 1.55 bits per heavy atom. The number of hydrogen-bond donors (Lipinski definition) is 0. The van der Waals surface area contributed by atoms with Crippen molar-refractivity contribution in [2.24, 2.45) is 5.41 Å². The van der Waals surface area contributed by atoms with Crippen molar-refractivity contribution in [2.45, 2.75) is 96.8 Å². The highest BCUT2D eigenvalue weighted by molar-refractivity contribution is 6.76. The van der Waals surface area contributed by atoms with E-state index in [2.05, 4.69) is 62.4 Å². The number of benzene rings is 1. The van der Waals surface area contributed by atoms with Crippen molar-refractivity contribution in [3.05, 3.63) is 60.6 Å². The maximum absolute atomic E-state index is 12.9. The summed E-state index contributed by atoms with van der Waals surface area (Å²) in [5.74, 6) is 0.664. The Morgan fingerprint density at radius 3 is 2.10 bits per heavy atom. The Bertz CT molecular complexity index is 1730. The Kier molecular flexibility index (Phi) is 12.6. The summed E-state index contributed by atoms with van der Waals surface area (Å²) >= 11 is 0. The van der Waals surface area contributed by atoms with Gasteiger partial charge in [-0.3, -0.25) is 9.78 Å². The molecular weight excluding hydrogens is 669 g/mol. The number of nitrogens with zero attached hydrogens (tertiary/aromatic N) is 5. The molecule has 0 bridgehead atoms. The number of rotatable bonds is 16. The zero-order chi connectivity index (χ0) is 36.8. The first-order valence-corrected chi connectivity index (χ1v) is 25.9. The number of pyridine rings is 1. The first kappa shape index (κ1) is 38.9. The minimum Gasteiger partial charge on any atom is -0.466 e. The van der Waals surface area contributed by atoms with Gasteiger partial charge in [-0.05, 0) is 63.1 Å². The van der Waals surface area contributed by atoms with Crippen molar-refractivity contribution < 1.29 is 19.0 Å². The smallest absolute Gasteiger partial charge is 0.311 e. The van der Waals surface area contributed by atoms with Crippen LogP contribution in [0, 0.1) is 5.41 Å². The van der Waals surface area contributed by atoms with E-state index in [4.69, 9.17) is 37.1 Å². The molecule has 0 aliphatic heterocycles. The monoisotopic (exact) mass is 725 g/mol. The van der Waals surface area contributed by atoms with Crippen LogP contribution in [0.4, 0.5) is 5.82 Å². The third-order valence-electron chi connectivity index (χ3n) is 9.86. The number of ether oxygens (including phenoxy) is 3. The van der Waals surface area contributed by atoms with E-state index in [-0.39, 0.29) is 11.9 Å². The van der Waals surface area contributed by atoms with Crippen LogP contribution in [-0.4, -0.2) is 82.8 Å². The highest BCUT2D eigenvalue weighted by Crippen LogP contribution is 2.43. The van der Waals surface area contributed by atoms with Gasteiger partial charge in [-0.1, -0.05) is 75.7 Å². The summed E-state index contributed by atoms with van der Waals surface area (Å²) in [6, 6.07) is 16.4. The van der Waals surface area contributed by atoms with E-state index in [0.717, 1.165) is 58.8 Å². The van der Waals surface area contributed by atoms with Crippen LogP contribution >= 0.6 is 0 Å². The molecule has 272 valence electrons. The number of esters is 1. The maximum Gasteiger partial charge on any atom is 0.311 e. The summed E-state index contributed by atoms with van der Waals surface area (Å²) in [5.41, 5.74) is 5.34. The predicted molar refractivity (Wildman–Crippen MR) is 213 cm³/mol. The van der Waals surface area contributed by atoms with Crippen molar-refractivity contribution in [2.75, 3.05) is 38.2 Å². The number of carbonyl (C=O) groups excluding carboxylic acids is 1. The van der Waals surface area contributed by atoms with Gasteiger partial charge in [0.25, 0.3) is 0 Å². The fourth-order valence-corrected chi connectivity index (χ4v) is 7.98. The molecule has 1 aromatic carbocycles. The van der Waals surface area contributed by atoms with Gasteiger partial charge in [0, 0.05) is 63.9 Å². The van der Waals surface area contributed by atoms with Gasteiger partial charge < -0.3 is 19.1 Å². The minimum atomic E-state index is -1.29. The van der Waals surface area contributed by atoms with Gasteiger partial charge in [0.05, 0.1) is 23.9 Å². The standard InChI is InChI=1S/C39H56BN5O4Si2/c1-9-49-38(46)39(2)19-17-30(18-20-39)35-34(40)37(44(27-47-21-23-50(3,4)5)28-48-22-24-51(6,7)8)45-36(43-35)32(26-42-45)31-15-16-33(41-25-31)29-13-11-10-12-14-29/h10-16,25-26,30H,9,17-24,27-28H2,1-8H3. The number of hydrogen-bond acceptors (Lipinski definition) is 8. The molecular formula is C39H56BN5O4Si2. The zero-order valence-electron chi connectivity index (χ0n) is 32.0. The zero-order valence-corrected chi connectivity index (χ0v) is 34.0. The van der Waals surface area contributed by atoms with Crippen molar-refractivity contribution in [3.63, 3.8) is 0 Å². The number of aromatic nitrogens is 4. The Balaban J connectivity index is 1.55. The van der Waals surface area contributed by atoms with E-state index in [1.54, 1.807) is 0 Å². The molecule has 0 spiro atoms. The van der Waals surface area contributed by atoms with Crippen LogP contribution in [0.2, 0.25) is 51.4 Å². The summed E-state index contributed by atoms with van der Waals surface area (Å²) in [5, 5.41) is 4.89. The summed E-state index contributed by atoms with van der Waals surface area (Å²) in [7, 11) is 4.58. The van der Waals surface area contributed by atoms with E-state index in [1.807, 2.05) is 55.0 Å². The van der Waals surface area contributed by atoms with Crippen LogP contribution in [0.15, 0.2) is 54.9 Å². The van der Waals surface area contributed by atoms with E-state index < -0.39 is 21.6 Å². The van der Waals surface area contributed by atoms with Gasteiger partial charge in [-0.2, -0.15) is 9.61 Å². The SMILES string of the molecule is [B]c1c(C2CCC(C)(C(=O)OCC)CC2)nc2c(-c3ccc(-c4ccccc4)nc3)cnn2c1N(COCC[Si](C)(C)C)COCC[Si](C)(C)C. The molecule has 1 saturated carbocycles. The lowest BCUT2D eigenvalue weighted by Crippen LogP contribution is -2.39. The maximum atomic E-state index is 12.9. The summed E-state index contributed by atoms with van der Waals surface area (Å²) in [6.07, 6.45) is 6.70. The first-order chi connectivity index (χ1) is 24.2. The van der Waals surface area contributed by atoms with Crippen molar-refractivity contribution in [1.82, 2.24) is 19.6 Å². The van der Waals surface area contributed by atoms with Crippen molar-refractivity contribution in [3.8, 4) is 22.4 Å². The normalized spacial score (nSPS) is 18.2. The third-order valence-corrected chi connectivity index (χ3v) is 13.3. The summed E-state index contributed by atoms with van der Waals surface area (Å²) < 4.78 is 20.0. The second kappa shape index (κ2) is 16.6. The van der Waals surface area contributed by atoms with E-state index in [9.17, 15) is 4.79 Å². The fraction of sp³-hybridized carbons (Fsp3) is 0.538. The minimum absolute atomic E-state index is 0.0695. The second-order valence-corrected chi connectivity index (χ2v) is 27.9. The Hall–Kier alpha value is -3.32. The van der Waals surface area contributed by atoms with Crippen LogP contribution in [0.5, 0.6) is 0 Å². The van der Waals surface area contributed by atoms with Gasteiger partial charge >= 0.3 is 5.97 Å². The largest absolute Gasteiger partial charge is 0.466 e. The molecule has 51 heavy (non-hydrogen) atoms. The average Bonchev–Trinajstić information content (AvgIpc) is 3.51. The van der Waals surface area contributed by atoms with E-state index in [0.29, 0.717) is 57.2 Å². The first-order valence-electron chi connectivity index (χ1n) is 18.5. The highest BCUT2D eigenvalue weighted by Gasteiger charge is 2.40. The second-order valence-electron chi connectivity index (χ2n) is 16.6. The van der Waals surface area contributed by atoms with Gasteiger partial charge in [0.2, 0.25) is 0 Å². The number of carbonyl (C=O) groups is 1. The average molecular weight is 726 g/mol. The van der Waals surface area contributed by atoms with Gasteiger partial charge in [-0.25, -0.2) is 4.98 Å². The Morgan fingerprint density at radius 1 is 0.922 bits per heavy atom. The molecule has 9 nitrogen and oxygen atoms in total. The van der Waals surface area contributed by atoms with Gasteiger partial charge in [0.15, 0.2) is 5.65 Å². The molecule has 0 amide bonds. The molecule has 0 atom stereocenters. The molecule has 0 saturated heterocycles. The Labute approximate surface area is 307 Å². The lowest BCUT2D eigenvalue weighted by molar-refractivity contribution is -0.156. The number of fused-ring (bicyclic) bond motifs is 1. The molecule has 4 aromatic rings. The molecule has 3 aromatic heterocycles. The van der Waals surface area contributed by atoms with E-state index in [1.165, 1.54) is 0 Å². The van der Waals surface area contributed by atoms with Gasteiger partial charge in [0.1, 0.15) is 27.1 Å². The quantitative estimate of drug-likeness (QED) is 0.0499. The lowest BCUT2D eigenvalue weighted by Gasteiger charge is -2.36. The summed E-state index contributed by atoms with van der Waals surface area (Å²) in [4.78, 5) is 25.1. The topological polar surface area (TPSA) is 91.1 Å². The molecule has 1 fully saturated rings. The molecule has 1 aliphatic rings. The summed E-state index contributed by atoms with van der Waals surface area (Å²) in [6.45, 7) is 20.4. The van der Waals surface area contributed by atoms with Crippen LogP contribution < -0.4 is 10.4 Å². The predicted octanol–water partition coefficient (Wildman–Crippen LogP) is 7.91. The van der Waals surface area contributed by atoms with Crippen LogP contribution in [0.25, 0.3) is 28.0 Å². The highest BCUT2D eigenvalue weighted by atomic mass is 28.3. The van der Waals surface area contributed by atoms with Crippen LogP contribution in [-0.2, 0) is 19.0 Å². The molecule has 12 heteroatoms. The fourth-order valence-electron chi connectivity index (χ4n) is 6.46. The van der Waals surface area contributed by atoms with Crippen molar-refractivity contribution in [1.29, 1.82) is 0 Å². The molecule has 1 aliphatic carbocycles. The van der Waals surface area contributed by atoms with Gasteiger partial charge in [-0.15, -0.1) is 0 Å². The van der Waals surface area contributed by atoms with Crippen molar-refractivity contribution >= 4 is 46.9 Å².